The van der Waals surface area contributed by atoms with Crippen LogP contribution in [0, 0.1) is 5.92 Å². The summed E-state index contributed by atoms with van der Waals surface area (Å²) in [7, 11) is 0. The van der Waals surface area contributed by atoms with Gasteiger partial charge in [-0.2, -0.15) is 0 Å². The summed E-state index contributed by atoms with van der Waals surface area (Å²) in [5.74, 6) is 0.591. The number of morpholine rings is 1. The van der Waals surface area contributed by atoms with E-state index in [2.05, 4.69) is 29.0 Å². The summed E-state index contributed by atoms with van der Waals surface area (Å²) in [6.07, 6.45) is 0. The van der Waals surface area contributed by atoms with E-state index in [1.54, 1.807) is 0 Å². The van der Waals surface area contributed by atoms with Gasteiger partial charge in [-0.3, -0.25) is 4.79 Å². The lowest BCUT2D eigenvalue weighted by molar-refractivity contribution is 0.0953. The average molecular weight is 284 g/mol. The van der Waals surface area contributed by atoms with Crippen molar-refractivity contribution in [1.29, 1.82) is 0 Å². The molecule has 2 heterocycles. The quantitative estimate of drug-likeness (QED) is 0.860. The number of hydrogen-bond acceptors (Lipinski definition) is 6. The van der Waals surface area contributed by atoms with Gasteiger partial charge in [-0.1, -0.05) is 25.2 Å². The molecular formula is C12H20N4O2S. The maximum atomic E-state index is 12.0. The molecule has 6 nitrogen and oxygen atoms in total. The van der Waals surface area contributed by atoms with Crippen LogP contribution in [0.5, 0.6) is 0 Å². The highest BCUT2D eigenvalue weighted by molar-refractivity contribution is 7.18. The second kappa shape index (κ2) is 6.21. The fraction of sp³-hybridized carbons (Fsp3) is 0.667. The molecule has 106 valence electrons. The number of thiazole rings is 1. The smallest absolute Gasteiger partial charge is 0.265 e. The summed E-state index contributed by atoms with van der Waals surface area (Å²) >= 11 is 1.35. The molecule has 0 atom stereocenters. The Balaban J connectivity index is 2.05. The fourth-order valence-electron chi connectivity index (χ4n) is 1.75. The van der Waals surface area contributed by atoms with Crippen molar-refractivity contribution in [2.24, 2.45) is 5.92 Å². The van der Waals surface area contributed by atoms with Crippen molar-refractivity contribution < 1.29 is 9.53 Å². The molecule has 1 saturated heterocycles. The molecule has 19 heavy (non-hydrogen) atoms. The molecule has 0 aliphatic carbocycles. The summed E-state index contributed by atoms with van der Waals surface area (Å²) in [5, 5.41) is 3.67. The molecule has 0 spiro atoms. The summed E-state index contributed by atoms with van der Waals surface area (Å²) in [5.41, 5.74) is 5.84. The number of aromatic nitrogens is 1. The van der Waals surface area contributed by atoms with E-state index < -0.39 is 0 Å². The standard InChI is InChI=1S/C12H20N4O2S/c1-8(2)7-14-11(17)9-10(13)15-12(19-9)16-3-5-18-6-4-16/h8H,3-7,13H2,1-2H3,(H,14,17). The average Bonchev–Trinajstić information content (AvgIpc) is 2.79. The van der Waals surface area contributed by atoms with Gasteiger partial charge in [0.2, 0.25) is 0 Å². The normalized spacial score (nSPS) is 15.8. The molecule has 1 amide bonds. The molecule has 1 aliphatic heterocycles. The van der Waals surface area contributed by atoms with Crippen molar-refractivity contribution >= 4 is 28.2 Å². The van der Waals surface area contributed by atoms with Crippen LogP contribution in [0.1, 0.15) is 23.5 Å². The van der Waals surface area contributed by atoms with Crippen LogP contribution in [0.4, 0.5) is 10.9 Å². The number of hydrogen-bond donors (Lipinski definition) is 2. The van der Waals surface area contributed by atoms with Crippen LogP contribution in [0.25, 0.3) is 0 Å². The van der Waals surface area contributed by atoms with Gasteiger partial charge in [-0.15, -0.1) is 0 Å². The Bertz CT molecular complexity index is 441. The Morgan fingerprint density at radius 1 is 1.53 bits per heavy atom. The summed E-state index contributed by atoms with van der Waals surface area (Å²) in [6, 6.07) is 0. The molecule has 1 aliphatic rings. The molecule has 2 rings (SSSR count). The monoisotopic (exact) mass is 284 g/mol. The highest BCUT2D eigenvalue weighted by atomic mass is 32.1. The Hall–Kier alpha value is -1.34. The van der Waals surface area contributed by atoms with E-state index in [1.807, 2.05) is 0 Å². The lowest BCUT2D eigenvalue weighted by Crippen LogP contribution is -2.36. The lowest BCUT2D eigenvalue weighted by atomic mass is 10.2. The SMILES string of the molecule is CC(C)CNC(=O)c1sc(N2CCOCC2)nc1N. The largest absolute Gasteiger partial charge is 0.382 e. The fourth-order valence-corrected chi connectivity index (χ4v) is 2.70. The molecule has 3 N–H and O–H groups in total. The molecule has 0 saturated carbocycles. The first-order valence-electron chi connectivity index (χ1n) is 6.45. The molecule has 1 aromatic rings. The van der Waals surface area contributed by atoms with Gasteiger partial charge in [0.15, 0.2) is 5.13 Å². The van der Waals surface area contributed by atoms with Crippen LogP contribution >= 0.6 is 11.3 Å². The molecule has 0 unspecified atom stereocenters. The Labute approximate surface area is 116 Å². The number of nitrogens with two attached hydrogens (primary N) is 1. The second-order valence-electron chi connectivity index (χ2n) is 4.91. The van der Waals surface area contributed by atoms with Crippen molar-refractivity contribution in [1.82, 2.24) is 10.3 Å². The first-order chi connectivity index (χ1) is 9.08. The van der Waals surface area contributed by atoms with Gasteiger partial charge in [0.25, 0.3) is 5.91 Å². The third kappa shape index (κ3) is 3.57. The van der Waals surface area contributed by atoms with Crippen LogP contribution in [0.15, 0.2) is 0 Å². The van der Waals surface area contributed by atoms with Gasteiger partial charge in [0, 0.05) is 19.6 Å². The summed E-state index contributed by atoms with van der Waals surface area (Å²) in [6.45, 7) is 7.71. The van der Waals surface area contributed by atoms with Gasteiger partial charge in [0.05, 0.1) is 13.2 Å². The molecule has 0 bridgehead atoms. The number of nitrogens with zero attached hydrogens (tertiary/aromatic N) is 2. The van der Waals surface area contributed by atoms with E-state index in [-0.39, 0.29) is 5.91 Å². The predicted octanol–water partition coefficient (Wildman–Crippen LogP) is 0.948. The number of rotatable bonds is 4. The number of ether oxygens (including phenoxy) is 1. The molecular weight excluding hydrogens is 264 g/mol. The van der Waals surface area contributed by atoms with Crippen LogP contribution in [-0.2, 0) is 4.74 Å². The number of carbonyl (C=O) groups is 1. The van der Waals surface area contributed by atoms with Crippen molar-refractivity contribution in [2.45, 2.75) is 13.8 Å². The summed E-state index contributed by atoms with van der Waals surface area (Å²) < 4.78 is 5.30. The van der Waals surface area contributed by atoms with Crippen LogP contribution < -0.4 is 16.0 Å². The zero-order chi connectivity index (χ0) is 13.8. The zero-order valence-corrected chi connectivity index (χ0v) is 12.1. The van der Waals surface area contributed by atoms with Crippen molar-refractivity contribution in [3.8, 4) is 0 Å². The van der Waals surface area contributed by atoms with E-state index in [4.69, 9.17) is 10.5 Å². The maximum absolute atomic E-state index is 12.0. The Morgan fingerprint density at radius 2 is 2.21 bits per heavy atom. The zero-order valence-electron chi connectivity index (χ0n) is 11.3. The van der Waals surface area contributed by atoms with E-state index in [0.717, 1.165) is 18.2 Å². The first-order valence-corrected chi connectivity index (χ1v) is 7.26. The number of amides is 1. The second-order valence-corrected chi connectivity index (χ2v) is 5.89. The van der Waals surface area contributed by atoms with Crippen molar-refractivity contribution in [3.63, 3.8) is 0 Å². The van der Waals surface area contributed by atoms with E-state index in [1.165, 1.54) is 11.3 Å². The molecule has 1 aromatic heterocycles. The van der Waals surface area contributed by atoms with Crippen molar-refractivity contribution in [2.75, 3.05) is 43.5 Å². The van der Waals surface area contributed by atoms with Gasteiger partial charge >= 0.3 is 0 Å². The minimum absolute atomic E-state index is 0.136. The molecule has 7 heteroatoms. The third-order valence-corrected chi connectivity index (χ3v) is 3.93. The van der Waals surface area contributed by atoms with Gasteiger partial charge in [-0.25, -0.2) is 4.98 Å². The summed E-state index contributed by atoms with van der Waals surface area (Å²) in [4.78, 5) is 18.9. The van der Waals surface area contributed by atoms with Crippen molar-refractivity contribution in [3.05, 3.63) is 4.88 Å². The van der Waals surface area contributed by atoms with Crippen LogP contribution in [-0.4, -0.2) is 43.7 Å². The predicted molar refractivity (Wildman–Crippen MR) is 76.7 cm³/mol. The minimum Gasteiger partial charge on any atom is -0.382 e. The van der Waals surface area contributed by atoms with E-state index >= 15 is 0 Å². The van der Waals surface area contributed by atoms with Gasteiger partial charge in [0.1, 0.15) is 10.7 Å². The number of nitrogen functional groups attached to an aromatic ring is 1. The maximum Gasteiger partial charge on any atom is 0.265 e. The van der Waals surface area contributed by atoms with Crippen LogP contribution in [0.2, 0.25) is 0 Å². The Kier molecular flexibility index (Phi) is 4.60. The van der Waals surface area contributed by atoms with E-state index in [0.29, 0.717) is 36.4 Å². The van der Waals surface area contributed by atoms with Gasteiger partial charge < -0.3 is 20.7 Å². The van der Waals surface area contributed by atoms with Gasteiger partial charge in [-0.05, 0) is 5.92 Å². The van der Waals surface area contributed by atoms with Crippen LogP contribution in [0.3, 0.4) is 0 Å². The molecule has 0 radical (unpaired) electrons. The topological polar surface area (TPSA) is 80.5 Å². The number of nitrogens with one attached hydrogen (secondary N) is 1. The highest BCUT2D eigenvalue weighted by Crippen LogP contribution is 2.28. The number of carbonyl (C=O) groups excluding carboxylic acids is 1. The lowest BCUT2D eigenvalue weighted by Gasteiger charge is -2.25. The molecule has 0 aromatic carbocycles. The highest BCUT2D eigenvalue weighted by Gasteiger charge is 2.20. The number of anilines is 2. The minimum atomic E-state index is -0.136. The third-order valence-electron chi connectivity index (χ3n) is 2.80. The first kappa shape index (κ1) is 14.1. The molecule has 1 fully saturated rings. The Morgan fingerprint density at radius 3 is 2.84 bits per heavy atom. The van der Waals surface area contributed by atoms with E-state index in [9.17, 15) is 4.79 Å².